The van der Waals surface area contributed by atoms with Gasteiger partial charge < -0.3 is 5.73 Å². The van der Waals surface area contributed by atoms with Crippen molar-refractivity contribution < 1.29 is 9.59 Å². The minimum absolute atomic E-state index is 0.0506. The molecule has 0 saturated heterocycles. The Labute approximate surface area is 108 Å². The SMILES string of the molecule is N#[N+]c1c(N)ccc2c1C(=O)c1ccccc1C2=O. The van der Waals surface area contributed by atoms with Gasteiger partial charge in [-0.25, -0.2) is 0 Å². The fourth-order valence-corrected chi connectivity index (χ4v) is 2.29. The van der Waals surface area contributed by atoms with E-state index in [1.807, 2.05) is 0 Å². The van der Waals surface area contributed by atoms with Crippen LogP contribution in [0.1, 0.15) is 31.8 Å². The van der Waals surface area contributed by atoms with Crippen molar-refractivity contribution in [2.24, 2.45) is 0 Å². The first-order chi connectivity index (χ1) is 9.15. The zero-order chi connectivity index (χ0) is 13.6. The molecule has 0 fully saturated rings. The number of carbonyl (C=O) groups is 2. The van der Waals surface area contributed by atoms with E-state index in [1.54, 1.807) is 24.3 Å². The molecule has 90 valence electrons. The first-order valence-corrected chi connectivity index (χ1v) is 5.61. The summed E-state index contributed by atoms with van der Waals surface area (Å²) >= 11 is 0. The van der Waals surface area contributed by atoms with Crippen molar-refractivity contribution in [3.05, 3.63) is 63.6 Å². The lowest BCUT2D eigenvalue weighted by Crippen LogP contribution is -2.21. The first-order valence-electron chi connectivity index (χ1n) is 5.61. The average molecular weight is 250 g/mol. The van der Waals surface area contributed by atoms with Gasteiger partial charge in [-0.15, -0.1) is 0 Å². The summed E-state index contributed by atoms with van der Waals surface area (Å²) in [5.41, 5.74) is 6.70. The number of ketones is 2. The van der Waals surface area contributed by atoms with E-state index in [4.69, 9.17) is 11.1 Å². The number of carbonyl (C=O) groups excluding carboxylic acids is 2. The molecule has 0 amide bonds. The molecule has 2 aromatic rings. The van der Waals surface area contributed by atoms with Crippen LogP contribution in [0.25, 0.3) is 4.98 Å². The van der Waals surface area contributed by atoms with Crippen molar-refractivity contribution >= 4 is 22.9 Å². The third kappa shape index (κ3) is 1.37. The molecular weight excluding hydrogens is 242 g/mol. The number of nitrogens with two attached hydrogens (primary N) is 1. The number of hydrogen-bond donors (Lipinski definition) is 1. The van der Waals surface area contributed by atoms with Gasteiger partial charge in [-0.05, 0) is 12.1 Å². The van der Waals surface area contributed by atoms with Gasteiger partial charge in [-0.3, -0.25) is 9.59 Å². The van der Waals surface area contributed by atoms with Crippen LogP contribution in [0.15, 0.2) is 36.4 Å². The second-order valence-electron chi connectivity index (χ2n) is 4.23. The van der Waals surface area contributed by atoms with E-state index in [1.165, 1.54) is 12.1 Å². The molecule has 3 rings (SSSR count). The summed E-state index contributed by atoms with van der Waals surface area (Å²) in [6.07, 6.45) is 0. The summed E-state index contributed by atoms with van der Waals surface area (Å²) in [6.45, 7) is 0. The van der Waals surface area contributed by atoms with Crippen LogP contribution >= 0.6 is 0 Å². The molecule has 1 aliphatic carbocycles. The number of nitrogen functional groups attached to an aromatic ring is 1. The molecule has 0 spiro atoms. The van der Waals surface area contributed by atoms with Gasteiger partial charge in [0.15, 0.2) is 10.8 Å². The molecule has 0 aromatic heterocycles. The Morgan fingerprint density at radius 1 is 0.895 bits per heavy atom. The predicted octanol–water partition coefficient (Wildman–Crippen LogP) is 2.53. The van der Waals surface area contributed by atoms with Crippen molar-refractivity contribution in [2.45, 2.75) is 0 Å². The van der Waals surface area contributed by atoms with Crippen molar-refractivity contribution in [2.75, 3.05) is 5.73 Å². The number of rotatable bonds is 0. The highest BCUT2D eigenvalue weighted by atomic mass is 16.1. The molecule has 0 atom stereocenters. The van der Waals surface area contributed by atoms with Crippen LogP contribution in [0.2, 0.25) is 0 Å². The summed E-state index contributed by atoms with van der Waals surface area (Å²) in [6, 6.07) is 9.48. The standard InChI is InChI=1S/C14H7N3O2/c15-10-6-5-9-11(12(10)17-16)14(19)8-4-2-1-3-7(8)13(9)18/h1-6H,(H-,15,18)/p+1. The van der Waals surface area contributed by atoms with Crippen LogP contribution in [0.3, 0.4) is 0 Å². The third-order valence-corrected chi connectivity index (χ3v) is 3.20. The van der Waals surface area contributed by atoms with Crippen LogP contribution < -0.4 is 5.73 Å². The number of fused-ring (bicyclic) bond motifs is 2. The Bertz CT molecular complexity index is 788. The molecule has 1 aliphatic rings. The van der Waals surface area contributed by atoms with E-state index in [0.29, 0.717) is 11.1 Å². The van der Waals surface area contributed by atoms with Gasteiger partial charge in [0.25, 0.3) is 0 Å². The monoisotopic (exact) mass is 250 g/mol. The van der Waals surface area contributed by atoms with Gasteiger partial charge in [0.1, 0.15) is 11.3 Å². The Morgan fingerprint density at radius 2 is 1.53 bits per heavy atom. The fourth-order valence-electron chi connectivity index (χ4n) is 2.29. The van der Waals surface area contributed by atoms with Gasteiger partial charge >= 0.3 is 5.69 Å². The van der Waals surface area contributed by atoms with Crippen molar-refractivity contribution in [3.8, 4) is 0 Å². The maximum absolute atomic E-state index is 12.4. The Hall–Kier alpha value is -3.00. The molecule has 5 heteroatoms. The summed E-state index contributed by atoms with van der Waals surface area (Å²) in [5.74, 6) is -0.625. The van der Waals surface area contributed by atoms with E-state index in [2.05, 4.69) is 4.98 Å². The lowest BCUT2D eigenvalue weighted by molar-refractivity contribution is 0.0980. The normalized spacial score (nSPS) is 12.6. The summed E-state index contributed by atoms with van der Waals surface area (Å²) in [7, 11) is 0. The molecule has 5 nitrogen and oxygen atoms in total. The highest BCUT2D eigenvalue weighted by Crippen LogP contribution is 2.36. The first kappa shape index (κ1) is 11.1. The topological polar surface area (TPSA) is 88.3 Å². The van der Waals surface area contributed by atoms with Crippen LogP contribution in [0.4, 0.5) is 11.4 Å². The molecule has 0 saturated carbocycles. The Balaban J connectivity index is 2.40. The van der Waals surface area contributed by atoms with Crippen molar-refractivity contribution in [1.82, 2.24) is 0 Å². The smallest absolute Gasteiger partial charge is 0.392 e. The van der Waals surface area contributed by atoms with Crippen molar-refractivity contribution in [3.63, 3.8) is 0 Å². The Kier molecular flexibility index (Phi) is 2.19. The lowest BCUT2D eigenvalue weighted by Gasteiger charge is -2.15. The maximum atomic E-state index is 12.4. The van der Waals surface area contributed by atoms with E-state index < -0.39 is 0 Å². The maximum Gasteiger partial charge on any atom is 0.419 e. The highest BCUT2D eigenvalue weighted by Gasteiger charge is 2.37. The molecule has 2 aromatic carbocycles. The van der Waals surface area contributed by atoms with Crippen LogP contribution in [-0.4, -0.2) is 11.6 Å². The number of anilines is 1. The lowest BCUT2D eigenvalue weighted by atomic mass is 9.83. The second-order valence-corrected chi connectivity index (χ2v) is 4.23. The second kappa shape index (κ2) is 3.75. The van der Waals surface area contributed by atoms with E-state index >= 15 is 0 Å². The number of diazo groups is 1. The number of hydrogen-bond acceptors (Lipinski definition) is 4. The molecular formula is C14H8N3O2+. The molecule has 19 heavy (non-hydrogen) atoms. The van der Waals surface area contributed by atoms with Crippen LogP contribution in [-0.2, 0) is 0 Å². The van der Waals surface area contributed by atoms with Crippen LogP contribution in [0.5, 0.6) is 0 Å². The largest absolute Gasteiger partial charge is 0.419 e. The minimum Gasteiger partial charge on any atom is -0.392 e. The molecule has 0 aliphatic heterocycles. The quantitative estimate of drug-likeness (QED) is 0.490. The molecule has 0 unspecified atom stereocenters. The predicted molar refractivity (Wildman–Crippen MR) is 68.9 cm³/mol. The number of nitrogens with zero attached hydrogens (tertiary/aromatic N) is 2. The van der Waals surface area contributed by atoms with Gasteiger partial charge in [0, 0.05) is 16.7 Å². The highest BCUT2D eigenvalue weighted by molar-refractivity contribution is 6.30. The third-order valence-electron chi connectivity index (χ3n) is 3.20. The van der Waals surface area contributed by atoms with Gasteiger partial charge in [-0.2, -0.15) is 0 Å². The molecule has 0 heterocycles. The minimum atomic E-state index is -0.356. The zero-order valence-corrected chi connectivity index (χ0v) is 9.75. The van der Waals surface area contributed by atoms with Gasteiger partial charge in [0.2, 0.25) is 11.2 Å². The number of benzene rings is 2. The molecule has 0 bridgehead atoms. The van der Waals surface area contributed by atoms with E-state index in [-0.39, 0.29) is 34.1 Å². The van der Waals surface area contributed by atoms with Gasteiger partial charge in [-0.1, -0.05) is 24.3 Å². The molecule has 0 radical (unpaired) electrons. The average Bonchev–Trinajstić information content (AvgIpc) is 2.44. The van der Waals surface area contributed by atoms with Crippen LogP contribution in [0, 0.1) is 5.39 Å². The van der Waals surface area contributed by atoms with Crippen molar-refractivity contribution in [1.29, 1.82) is 5.39 Å². The fraction of sp³-hybridized carbons (Fsp3) is 0. The molecule has 2 N–H and O–H groups in total. The zero-order valence-electron chi connectivity index (χ0n) is 9.75. The summed E-state index contributed by atoms with van der Waals surface area (Å²) in [5, 5.41) is 9.01. The van der Waals surface area contributed by atoms with Gasteiger partial charge in [0.05, 0.1) is 0 Å². The summed E-state index contributed by atoms with van der Waals surface area (Å²) < 4.78 is 0. The van der Waals surface area contributed by atoms with E-state index in [0.717, 1.165) is 0 Å². The Morgan fingerprint density at radius 3 is 2.16 bits per heavy atom. The van der Waals surface area contributed by atoms with E-state index in [9.17, 15) is 9.59 Å². The summed E-state index contributed by atoms with van der Waals surface area (Å²) in [4.78, 5) is 27.8.